The fourth-order valence-electron chi connectivity index (χ4n) is 4.54. The molecule has 0 saturated carbocycles. The van der Waals surface area contributed by atoms with E-state index in [0.29, 0.717) is 33.9 Å². The molecule has 1 fully saturated rings. The lowest BCUT2D eigenvalue weighted by Gasteiger charge is -2.33. The molecule has 0 spiro atoms. The Hall–Kier alpha value is -3.27. The van der Waals surface area contributed by atoms with Crippen molar-refractivity contribution >= 4 is 34.6 Å². The molecular weight excluding hydrogens is 426 g/mol. The minimum atomic E-state index is -1.59. The number of nitrogens with zero attached hydrogens (tertiary/aromatic N) is 3. The monoisotopic (exact) mass is 441 g/mol. The predicted molar refractivity (Wildman–Crippen MR) is 109 cm³/mol. The van der Waals surface area contributed by atoms with Crippen LogP contribution in [0, 0.1) is 5.92 Å². The molecule has 1 unspecified atom stereocenters. The molecule has 31 heavy (non-hydrogen) atoms. The van der Waals surface area contributed by atoms with Crippen molar-refractivity contribution in [1.82, 2.24) is 14.6 Å². The van der Waals surface area contributed by atoms with Gasteiger partial charge in [-0.1, -0.05) is 17.7 Å². The summed E-state index contributed by atoms with van der Waals surface area (Å²) in [7, 11) is 0. The smallest absolute Gasteiger partial charge is 0.335 e. The molecule has 0 aliphatic carbocycles. The Bertz CT molecular complexity index is 1310. The summed E-state index contributed by atoms with van der Waals surface area (Å²) in [6.07, 6.45) is 0.319. The maximum atomic E-state index is 13.5. The van der Waals surface area contributed by atoms with E-state index in [2.05, 4.69) is 4.98 Å². The fourth-order valence-corrected chi connectivity index (χ4v) is 4.72. The number of halogens is 1. The second kappa shape index (κ2) is 7.16. The van der Waals surface area contributed by atoms with E-state index >= 15 is 0 Å². The molecule has 1 saturated heterocycles. The van der Waals surface area contributed by atoms with Gasteiger partial charge in [0.15, 0.2) is 11.5 Å². The molecular formula is C21H16ClN3O6. The van der Waals surface area contributed by atoms with Gasteiger partial charge in [0, 0.05) is 41.1 Å². The second-order valence-corrected chi connectivity index (χ2v) is 7.88. The highest BCUT2D eigenvalue weighted by Crippen LogP contribution is 2.43. The number of hydrogen-bond acceptors (Lipinski definition) is 6. The third kappa shape index (κ3) is 2.93. The van der Waals surface area contributed by atoms with Crippen molar-refractivity contribution < 1.29 is 24.6 Å². The minimum Gasteiger partial charge on any atom is -0.481 e. The van der Waals surface area contributed by atoms with E-state index < -0.39 is 30.0 Å². The largest absolute Gasteiger partial charge is 0.481 e. The molecule has 0 radical (unpaired) electrons. The van der Waals surface area contributed by atoms with Gasteiger partial charge in [-0.3, -0.25) is 19.0 Å². The van der Waals surface area contributed by atoms with Crippen molar-refractivity contribution in [2.24, 2.45) is 5.92 Å². The lowest BCUT2D eigenvalue weighted by atomic mass is 9.85. The van der Waals surface area contributed by atoms with Crippen molar-refractivity contribution in [3.8, 4) is 5.69 Å². The average molecular weight is 442 g/mol. The third-order valence-electron chi connectivity index (χ3n) is 5.75. The first-order valence-electron chi connectivity index (χ1n) is 9.56. The van der Waals surface area contributed by atoms with Crippen LogP contribution in [0.3, 0.4) is 0 Å². The van der Waals surface area contributed by atoms with Gasteiger partial charge < -0.3 is 10.2 Å². The second-order valence-electron chi connectivity index (χ2n) is 7.44. The van der Waals surface area contributed by atoms with E-state index in [9.17, 15) is 24.6 Å². The molecule has 3 aromatic rings. The predicted octanol–water partition coefficient (Wildman–Crippen LogP) is 2.04. The number of benzene rings is 1. The van der Waals surface area contributed by atoms with Crippen LogP contribution in [0.1, 0.15) is 17.3 Å². The normalized spacial score (nSPS) is 22.8. The number of aliphatic carboxylic acids is 2. The lowest BCUT2D eigenvalue weighted by molar-refractivity contribution is -0.188. The number of carboxylic acids is 2. The molecule has 2 aliphatic heterocycles. The van der Waals surface area contributed by atoms with Crippen molar-refractivity contribution in [3.63, 3.8) is 0 Å². The van der Waals surface area contributed by atoms with Gasteiger partial charge in [0.1, 0.15) is 11.6 Å². The number of carbonyl (C=O) groups is 2. The summed E-state index contributed by atoms with van der Waals surface area (Å²) in [5.74, 6) is -4.17. The van der Waals surface area contributed by atoms with Crippen molar-refractivity contribution in [3.05, 3.63) is 69.1 Å². The topological polar surface area (TPSA) is 122 Å². The molecule has 1 aromatic carbocycles. The summed E-state index contributed by atoms with van der Waals surface area (Å²) < 4.78 is 1.79. The highest BCUT2D eigenvalue weighted by molar-refractivity contribution is 6.30. The molecule has 10 heteroatoms. The van der Waals surface area contributed by atoms with Gasteiger partial charge in [0.2, 0.25) is 0 Å². The van der Waals surface area contributed by atoms with Gasteiger partial charge >= 0.3 is 11.9 Å². The van der Waals surface area contributed by atoms with Crippen molar-refractivity contribution in [2.75, 3.05) is 6.54 Å². The Balaban J connectivity index is 1.85. The van der Waals surface area contributed by atoms with Crippen molar-refractivity contribution in [2.45, 2.75) is 18.6 Å². The first kappa shape index (κ1) is 19.7. The molecule has 4 heterocycles. The van der Waals surface area contributed by atoms with Crippen LogP contribution in [0.5, 0.6) is 0 Å². The first-order chi connectivity index (χ1) is 14.9. The SMILES string of the molecule is O=C(O)C1ON2CCc3c(c(=O)c4cccnc4n3-c3cccc(Cl)c3)[C@@H]2[C@@H]1C(=O)O. The van der Waals surface area contributed by atoms with E-state index in [0.717, 1.165) is 0 Å². The third-order valence-corrected chi connectivity index (χ3v) is 5.99. The van der Waals surface area contributed by atoms with E-state index in [1.54, 1.807) is 41.1 Å². The number of pyridine rings is 2. The number of aromatic nitrogens is 2. The van der Waals surface area contributed by atoms with E-state index in [1.807, 2.05) is 6.07 Å². The zero-order chi connectivity index (χ0) is 21.9. The van der Waals surface area contributed by atoms with Crippen LogP contribution in [0.2, 0.25) is 5.02 Å². The summed E-state index contributed by atoms with van der Waals surface area (Å²) in [5, 5.41) is 21.4. The van der Waals surface area contributed by atoms with Crippen LogP contribution in [0.15, 0.2) is 47.4 Å². The first-order valence-corrected chi connectivity index (χ1v) is 9.93. The fraction of sp³-hybridized carbons (Fsp3) is 0.238. The van der Waals surface area contributed by atoms with Gasteiger partial charge in [-0.15, -0.1) is 0 Å². The van der Waals surface area contributed by atoms with Crippen LogP contribution in [-0.2, 0) is 20.8 Å². The Morgan fingerprint density at radius 3 is 2.68 bits per heavy atom. The number of hydroxylamine groups is 2. The summed E-state index contributed by atoms with van der Waals surface area (Å²) in [4.78, 5) is 47.1. The van der Waals surface area contributed by atoms with Crippen LogP contribution < -0.4 is 5.43 Å². The number of rotatable bonds is 3. The van der Waals surface area contributed by atoms with Gasteiger partial charge in [-0.25, -0.2) is 9.78 Å². The molecule has 158 valence electrons. The maximum Gasteiger partial charge on any atom is 0.335 e. The summed E-state index contributed by atoms with van der Waals surface area (Å²) >= 11 is 6.20. The van der Waals surface area contributed by atoms with Gasteiger partial charge in [0.25, 0.3) is 0 Å². The number of fused-ring (bicyclic) bond motifs is 4. The number of carboxylic acid groups (broad SMARTS) is 2. The van der Waals surface area contributed by atoms with Crippen LogP contribution >= 0.6 is 11.6 Å². The molecule has 3 atom stereocenters. The lowest BCUT2D eigenvalue weighted by Crippen LogP contribution is -2.40. The molecule has 5 rings (SSSR count). The van der Waals surface area contributed by atoms with Gasteiger partial charge in [0.05, 0.1) is 11.4 Å². The van der Waals surface area contributed by atoms with Gasteiger partial charge in [-0.2, -0.15) is 5.06 Å². The Kier molecular flexibility index (Phi) is 4.54. The van der Waals surface area contributed by atoms with Gasteiger partial charge in [-0.05, 0) is 30.3 Å². The van der Waals surface area contributed by atoms with Crippen LogP contribution in [-0.4, -0.2) is 49.4 Å². The van der Waals surface area contributed by atoms with E-state index in [1.165, 1.54) is 5.06 Å². The maximum absolute atomic E-state index is 13.5. The summed E-state index contributed by atoms with van der Waals surface area (Å²) in [5.41, 5.74) is 1.49. The van der Waals surface area contributed by atoms with E-state index in [-0.39, 0.29) is 17.5 Å². The molecule has 0 amide bonds. The Morgan fingerprint density at radius 2 is 1.97 bits per heavy atom. The quantitative estimate of drug-likeness (QED) is 0.633. The molecule has 0 bridgehead atoms. The zero-order valence-electron chi connectivity index (χ0n) is 15.9. The van der Waals surface area contributed by atoms with E-state index in [4.69, 9.17) is 16.4 Å². The van der Waals surface area contributed by atoms with Crippen LogP contribution in [0.25, 0.3) is 16.7 Å². The highest BCUT2D eigenvalue weighted by Gasteiger charge is 2.55. The molecule has 2 aromatic heterocycles. The highest BCUT2D eigenvalue weighted by atomic mass is 35.5. The Labute approximate surface area is 180 Å². The summed E-state index contributed by atoms with van der Waals surface area (Å²) in [6.45, 7) is 0.226. The summed E-state index contributed by atoms with van der Waals surface area (Å²) in [6, 6.07) is 9.24. The minimum absolute atomic E-state index is 0.211. The zero-order valence-corrected chi connectivity index (χ0v) is 16.7. The number of hydrogen-bond donors (Lipinski definition) is 2. The average Bonchev–Trinajstić information content (AvgIpc) is 3.14. The standard InChI is InChI=1S/C21H16ClN3O6/c22-10-3-1-4-11(9-10)25-13-6-8-24-16(15(20(27)28)18(31-24)21(29)30)14(13)17(26)12-5-2-7-23-19(12)25/h1-5,7,9,15-16,18H,6,8H2,(H,27,28)(H,29,30)/t15-,16+,18?/m0/s1. The Morgan fingerprint density at radius 1 is 1.16 bits per heavy atom. The molecule has 9 nitrogen and oxygen atoms in total. The molecule has 2 aliphatic rings. The van der Waals surface area contributed by atoms with Crippen LogP contribution in [0.4, 0.5) is 0 Å². The van der Waals surface area contributed by atoms with Crippen molar-refractivity contribution in [1.29, 1.82) is 0 Å². The molecule has 2 N–H and O–H groups in total.